The first kappa shape index (κ1) is 15.7. The summed E-state index contributed by atoms with van der Waals surface area (Å²) in [6.07, 6.45) is 7.06. The molecule has 0 bridgehead atoms. The van der Waals surface area contributed by atoms with Crippen molar-refractivity contribution in [2.45, 2.75) is 45.6 Å². The summed E-state index contributed by atoms with van der Waals surface area (Å²) in [4.78, 5) is 15.1. The van der Waals surface area contributed by atoms with Gasteiger partial charge < -0.3 is 4.90 Å². The molecule has 112 valence electrons. The molecule has 1 aromatic heterocycles. The lowest BCUT2D eigenvalue weighted by atomic mass is 9.78. The summed E-state index contributed by atoms with van der Waals surface area (Å²) in [7, 11) is 4.06. The molecule has 20 heavy (non-hydrogen) atoms. The van der Waals surface area contributed by atoms with E-state index in [0.717, 1.165) is 42.5 Å². The van der Waals surface area contributed by atoms with Gasteiger partial charge >= 0.3 is 0 Å². The van der Waals surface area contributed by atoms with Crippen LogP contribution in [0, 0.1) is 5.41 Å². The molecule has 0 aliphatic heterocycles. The Labute approximate surface area is 129 Å². The maximum Gasteiger partial charge on any atom is 0.188 e. The zero-order valence-electron chi connectivity index (χ0n) is 12.7. The molecule has 5 heteroatoms. The van der Waals surface area contributed by atoms with Crippen molar-refractivity contribution in [3.8, 4) is 0 Å². The number of likely N-dealkylation sites (N-methyl/N-ethyl adjacent to an activating group) is 1. The van der Waals surface area contributed by atoms with Gasteiger partial charge in [0, 0.05) is 12.0 Å². The van der Waals surface area contributed by atoms with E-state index in [-0.39, 0.29) is 11.2 Å². The van der Waals surface area contributed by atoms with Crippen molar-refractivity contribution < 1.29 is 4.79 Å². The van der Waals surface area contributed by atoms with E-state index in [1.807, 2.05) is 18.8 Å². The summed E-state index contributed by atoms with van der Waals surface area (Å²) in [5.74, 6) is 0.278. The number of Topliss-reactive ketones (excluding diaryl/α,β-unsaturated/α-hetero) is 1. The third-order valence-electron chi connectivity index (χ3n) is 4.49. The van der Waals surface area contributed by atoms with Crippen LogP contribution in [0.3, 0.4) is 0 Å². The summed E-state index contributed by atoms with van der Waals surface area (Å²) in [5.41, 5.74) is 0.605. The van der Waals surface area contributed by atoms with Gasteiger partial charge in [-0.3, -0.25) is 9.48 Å². The van der Waals surface area contributed by atoms with Crippen molar-refractivity contribution in [1.82, 2.24) is 14.7 Å². The number of rotatable bonds is 6. The first-order valence-electron chi connectivity index (χ1n) is 7.41. The molecule has 0 N–H and O–H groups in total. The molecule has 0 amide bonds. The minimum Gasteiger partial charge on any atom is -0.308 e. The van der Waals surface area contributed by atoms with E-state index in [9.17, 15) is 4.79 Å². The average Bonchev–Trinajstić information content (AvgIpc) is 3.03. The molecule has 1 saturated carbocycles. The number of carbonyl (C=O) groups is 1. The van der Waals surface area contributed by atoms with Gasteiger partial charge in [0.05, 0.1) is 17.2 Å². The molecule has 0 unspecified atom stereocenters. The van der Waals surface area contributed by atoms with Crippen molar-refractivity contribution in [2.75, 3.05) is 20.6 Å². The van der Waals surface area contributed by atoms with Gasteiger partial charge in [0.25, 0.3) is 0 Å². The Hall–Kier alpha value is -0.680. The molecule has 4 nitrogen and oxygen atoms in total. The van der Waals surface area contributed by atoms with Crippen molar-refractivity contribution >= 4 is 21.7 Å². The fourth-order valence-corrected chi connectivity index (χ4v) is 3.57. The zero-order valence-corrected chi connectivity index (χ0v) is 14.2. The monoisotopic (exact) mass is 341 g/mol. The Morgan fingerprint density at radius 1 is 1.45 bits per heavy atom. The van der Waals surface area contributed by atoms with E-state index in [1.54, 1.807) is 6.20 Å². The quantitative estimate of drug-likeness (QED) is 0.744. The molecule has 0 aromatic carbocycles. The minimum absolute atomic E-state index is 0.154. The van der Waals surface area contributed by atoms with E-state index in [0.29, 0.717) is 0 Å². The Morgan fingerprint density at radius 3 is 2.65 bits per heavy atom. The van der Waals surface area contributed by atoms with Gasteiger partial charge in [0.15, 0.2) is 5.78 Å². The number of halogens is 1. The summed E-state index contributed by atoms with van der Waals surface area (Å²) < 4.78 is 2.70. The predicted octanol–water partition coefficient (Wildman–Crippen LogP) is 3.36. The molecule has 1 heterocycles. The number of hydrogen-bond acceptors (Lipinski definition) is 3. The maximum atomic E-state index is 13.0. The van der Waals surface area contributed by atoms with Gasteiger partial charge in [0.2, 0.25) is 0 Å². The Kier molecular flexibility index (Phi) is 5.02. The highest BCUT2D eigenvalue weighted by atomic mass is 79.9. The molecule has 2 rings (SSSR count). The second-order valence-electron chi connectivity index (χ2n) is 6.04. The number of nitrogens with zero attached hydrogens (tertiary/aromatic N) is 3. The number of aromatic nitrogens is 2. The van der Waals surface area contributed by atoms with Crippen LogP contribution in [-0.2, 0) is 6.54 Å². The first-order chi connectivity index (χ1) is 9.50. The van der Waals surface area contributed by atoms with Crippen LogP contribution in [-0.4, -0.2) is 41.1 Å². The Balaban J connectivity index is 2.27. The van der Waals surface area contributed by atoms with Crippen LogP contribution in [0.25, 0.3) is 0 Å². The fourth-order valence-electron chi connectivity index (χ4n) is 3.10. The molecular formula is C15H24BrN3O. The lowest BCUT2D eigenvalue weighted by Crippen LogP contribution is -2.31. The highest BCUT2D eigenvalue weighted by Gasteiger charge is 2.41. The van der Waals surface area contributed by atoms with Crippen LogP contribution in [0.1, 0.15) is 49.5 Å². The molecule has 0 atom stereocenters. The summed E-state index contributed by atoms with van der Waals surface area (Å²) in [5, 5.41) is 4.37. The number of hydrogen-bond donors (Lipinski definition) is 0. The molecule has 0 spiro atoms. The molecule has 1 aliphatic rings. The topological polar surface area (TPSA) is 38.1 Å². The third-order valence-corrected chi connectivity index (χ3v) is 5.07. The van der Waals surface area contributed by atoms with Gasteiger partial charge in [-0.25, -0.2) is 0 Å². The second kappa shape index (κ2) is 6.39. The van der Waals surface area contributed by atoms with Crippen molar-refractivity contribution in [3.05, 3.63) is 16.4 Å². The molecular weight excluding hydrogens is 318 g/mol. The Bertz CT molecular complexity index is 475. The maximum absolute atomic E-state index is 13.0. The number of ketones is 1. The standard InChI is InChI=1S/C15H24BrN3O/c1-4-15(7-5-6-8-15)14(20)13-12(16)11-17-19(13)10-9-18(2)3/h11H,4-10H2,1-3H3. The molecule has 1 aromatic rings. The molecule has 1 fully saturated rings. The van der Waals surface area contributed by atoms with E-state index >= 15 is 0 Å². The van der Waals surface area contributed by atoms with Crippen LogP contribution in [0.2, 0.25) is 0 Å². The first-order valence-corrected chi connectivity index (χ1v) is 8.20. The van der Waals surface area contributed by atoms with Crippen LogP contribution >= 0.6 is 15.9 Å². The predicted molar refractivity (Wildman–Crippen MR) is 84.0 cm³/mol. The smallest absolute Gasteiger partial charge is 0.188 e. The average molecular weight is 342 g/mol. The normalized spacial score (nSPS) is 17.9. The Morgan fingerprint density at radius 2 is 2.10 bits per heavy atom. The van der Waals surface area contributed by atoms with Gasteiger partial charge in [0.1, 0.15) is 5.69 Å². The van der Waals surface area contributed by atoms with Crippen LogP contribution < -0.4 is 0 Å². The molecule has 0 radical (unpaired) electrons. The van der Waals surface area contributed by atoms with Crippen LogP contribution in [0.15, 0.2) is 10.7 Å². The SMILES string of the molecule is CCC1(C(=O)c2c(Br)cnn2CCN(C)C)CCCC1. The lowest BCUT2D eigenvalue weighted by Gasteiger charge is -2.26. The van der Waals surface area contributed by atoms with Crippen LogP contribution in [0.5, 0.6) is 0 Å². The van der Waals surface area contributed by atoms with Crippen molar-refractivity contribution in [3.63, 3.8) is 0 Å². The van der Waals surface area contributed by atoms with Gasteiger partial charge in [-0.05, 0) is 49.3 Å². The van der Waals surface area contributed by atoms with Gasteiger partial charge in [-0.2, -0.15) is 5.10 Å². The zero-order chi connectivity index (χ0) is 14.8. The van der Waals surface area contributed by atoms with Gasteiger partial charge in [-0.15, -0.1) is 0 Å². The highest BCUT2D eigenvalue weighted by molar-refractivity contribution is 9.10. The molecule has 1 aliphatic carbocycles. The largest absolute Gasteiger partial charge is 0.308 e. The van der Waals surface area contributed by atoms with Crippen molar-refractivity contribution in [2.24, 2.45) is 5.41 Å². The van der Waals surface area contributed by atoms with E-state index in [2.05, 4.69) is 32.9 Å². The van der Waals surface area contributed by atoms with E-state index < -0.39 is 0 Å². The van der Waals surface area contributed by atoms with E-state index in [4.69, 9.17) is 0 Å². The van der Waals surface area contributed by atoms with E-state index in [1.165, 1.54) is 12.8 Å². The fraction of sp³-hybridized carbons (Fsp3) is 0.733. The van der Waals surface area contributed by atoms with Gasteiger partial charge in [-0.1, -0.05) is 19.8 Å². The summed E-state index contributed by atoms with van der Waals surface area (Å²) in [6, 6.07) is 0. The third kappa shape index (κ3) is 2.98. The molecule has 0 saturated heterocycles. The lowest BCUT2D eigenvalue weighted by molar-refractivity contribution is 0.0777. The minimum atomic E-state index is -0.154. The second-order valence-corrected chi connectivity index (χ2v) is 6.89. The van der Waals surface area contributed by atoms with Crippen molar-refractivity contribution in [1.29, 1.82) is 0 Å². The summed E-state index contributed by atoms with van der Waals surface area (Å²) >= 11 is 3.51. The highest BCUT2D eigenvalue weighted by Crippen LogP contribution is 2.44. The van der Waals surface area contributed by atoms with Crippen LogP contribution in [0.4, 0.5) is 0 Å². The summed E-state index contributed by atoms with van der Waals surface area (Å²) in [6.45, 7) is 3.77. The number of carbonyl (C=O) groups excluding carboxylic acids is 1.